The second-order valence-corrected chi connectivity index (χ2v) is 5.40. The Bertz CT molecular complexity index is 167. The van der Waals surface area contributed by atoms with Gasteiger partial charge in [0.15, 0.2) is 0 Å². The van der Waals surface area contributed by atoms with Crippen LogP contribution in [0.4, 0.5) is 0 Å². The number of hydrogen-bond acceptors (Lipinski definition) is 3. The molecule has 1 rings (SSSR count). The monoisotopic (exact) mass is 214 g/mol. The van der Waals surface area contributed by atoms with E-state index in [0.717, 1.165) is 32.0 Å². The summed E-state index contributed by atoms with van der Waals surface area (Å²) in [5.74, 6) is 0.916. The van der Waals surface area contributed by atoms with Crippen LogP contribution < -0.4 is 10.6 Å². The normalized spacial score (nSPS) is 17.8. The van der Waals surface area contributed by atoms with Crippen LogP contribution in [0.3, 0.4) is 0 Å². The molecule has 0 aromatic carbocycles. The Morgan fingerprint density at radius 1 is 1.40 bits per heavy atom. The van der Waals surface area contributed by atoms with Crippen molar-refractivity contribution >= 4 is 0 Å². The van der Waals surface area contributed by atoms with Gasteiger partial charge < -0.3 is 15.4 Å². The molecule has 0 aromatic heterocycles. The molecule has 2 N–H and O–H groups in total. The van der Waals surface area contributed by atoms with Crippen LogP contribution in [-0.2, 0) is 4.74 Å². The maximum atomic E-state index is 5.11. The van der Waals surface area contributed by atoms with Crippen LogP contribution in [0, 0.1) is 11.3 Å². The van der Waals surface area contributed by atoms with Gasteiger partial charge in [-0.3, -0.25) is 0 Å². The molecule has 1 aliphatic heterocycles. The third-order valence-corrected chi connectivity index (χ3v) is 3.18. The number of nitrogens with one attached hydrogen (secondary N) is 2. The Kier molecular flexibility index (Phi) is 5.58. The molecule has 0 radical (unpaired) electrons. The summed E-state index contributed by atoms with van der Waals surface area (Å²) in [5.41, 5.74) is 0.355. The standard InChI is InChI=1S/C12H26N2O/c1-12(2,5-7-15-3)10-13-6-4-11-8-14-9-11/h11,13-14H,4-10H2,1-3H3. The van der Waals surface area contributed by atoms with Crippen molar-refractivity contribution in [2.45, 2.75) is 26.7 Å². The highest BCUT2D eigenvalue weighted by Crippen LogP contribution is 2.18. The fraction of sp³-hybridized carbons (Fsp3) is 1.00. The molecule has 1 aliphatic rings. The summed E-state index contributed by atoms with van der Waals surface area (Å²) in [5, 5.41) is 6.85. The first-order valence-corrected chi connectivity index (χ1v) is 6.04. The molecule has 1 saturated heterocycles. The smallest absolute Gasteiger partial charge is 0.0467 e. The minimum atomic E-state index is 0.355. The third kappa shape index (κ3) is 5.50. The van der Waals surface area contributed by atoms with Crippen LogP contribution in [0.25, 0.3) is 0 Å². The molecule has 1 fully saturated rings. The van der Waals surface area contributed by atoms with E-state index in [4.69, 9.17) is 4.74 Å². The van der Waals surface area contributed by atoms with Crippen LogP contribution in [0.1, 0.15) is 26.7 Å². The molecule has 1 heterocycles. The molecule has 3 nitrogen and oxygen atoms in total. The fourth-order valence-corrected chi connectivity index (χ4v) is 1.75. The molecule has 0 aromatic rings. The lowest BCUT2D eigenvalue weighted by Gasteiger charge is -2.28. The van der Waals surface area contributed by atoms with E-state index in [9.17, 15) is 0 Å². The molecular formula is C12H26N2O. The summed E-state index contributed by atoms with van der Waals surface area (Å²) in [6.45, 7) is 10.1. The largest absolute Gasteiger partial charge is 0.385 e. The molecule has 0 saturated carbocycles. The molecule has 3 heteroatoms. The Labute approximate surface area is 94.0 Å². The van der Waals surface area contributed by atoms with E-state index >= 15 is 0 Å². The molecule has 0 unspecified atom stereocenters. The van der Waals surface area contributed by atoms with Gasteiger partial charge in [-0.1, -0.05) is 13.8 Å². The molecule has 90 valence electrons. The van der Waals surface area contributed by atoms with Gasteiger partial charge in [0, 0.05) is 20.3 Å². The zero-order valence-corrected chi connectivity index (χ0v) is 10.4. The van der Waals surface area contributed by atoms with Crippen molar-refractivity contribution < 1.29 is 4.74 Å². The average molecular weight is 214 g/mol. The predicted molar refractivity (Wildman–Crippen MR) is 64.1 cm³/mol. The van der Waals surface area contributed by atoms with Gasteiger partial charge in [0.25, 0.3) is 0 Å². The number of methoxy groups -OCH3 is 1. The number of rotatable bonds is 8. The van der Waals surface area contributed by atoms with E-state index in [0.29, 0.717) is 5.41 Å². The first kappa shape index (κ1) is 12.9. The van der Waals surface area contributed by atoms with E-state index in [1.54, 1.807) is 7.11 Å². The molecule has 0 aliphatic carbocycles. The number of hydrogen-bond donors (Lipinski definition) is 2. The van der Waals surface area contributed by atoms with Gasteiger partial charge >= 0.3 is 0 Å². The molecule has 15 heavy (non-hydrogen) atoms. The molecule has 0 spiro atoms. The second kappa shape index (κ2) is 6.46. The van der Waals surface area contributed by atoms with Crippen molar-refractivity contribution in [3.63, 3.8) is 0 Å². The summed E-state index contributed by atoms with van der Waals surface area (Å²) >= 11 is 0. The Morgan fingerprint density at radius 2 is 2.13 bits per heavy atom. The quantitative estimate of drug-likeness (QED) is 0.597. The van der Waals surface area contributed by atoms with Crippen LogP contribution in [0.15, 0.2) is 0 Å². The highest BCUT2D eigenvalue weighted by Gasteiger charge is 2.18. The van der Waals surface area contributed by atoms with Crippen molar-refractivity contribution in [3.05, 3.63) is 0 Å². The van der Waals surface area contributed by atoms with E-state index in [-0.39, 0.29) is 0 Å². The van der Waals surface area contributed by atoms with Crippen LogP contribution >= 0.6 is 0 Å². The van der Waals surface area contributed by atoms with Crippen molar-refractivity contribution in [3.8, 4) is 0 Å². The van der Waals surface area contributed by atoms with Gasteiger partial charge in [0.2, 0.25) is 0 Å². The Balaban J connectivity index is 1.96. The lowest BCUT2D eigenvalue weighted by Crippen LogP contribution is -2.43. The van der Waals surface area contributed by atoms with Gasteiger partial charge in [-0.15, -0.1) is 0 Å². The van der Waals surface area contributed by atoms with Crippen molar-refractivity contribution in [1.82, 2.24) is 10.6 Å². The van der Waals surface area contributed by atoms with E-state index in [1.807, 2.05) is 0 Å². The van der Waals surface area contributed by atoms with E-state index in [1.165, 1.54) is 19.5 Å². The highest BCUT2D eigenvalue weighted by molar-refractivity contribution is 4.76. The minimum Gasteiger partial charge on any atom is -0.385 e. The Morgan fingerprint density at radius 3 is 2.67 bits per heavy atom. The zero-order valence-electron chi connectivity index (χ0n) is 10.4. The van der Waals surface area contributed by atoms with Crippen LogP contribution in [0.5, 0.6) is 0 Å². The summed E-state index contributed by atoms with van der Waals surface area (Å²) in [6.07, 6.45) is 2.44. The Hall–Kier alpha value is -0.120. The molecule has 0 atom stereocenters. The van der Waals surface area contributed by atoms with E-state index < -0.39 is 0 Å². The third-order valence-electron chi connectivity index (χ3n) is 3.18. The first-order valence-electron chi connectivity index (χ1n) is 6.04. The second-order valence-electron chi connectivity index (χ2n) is 5.40. The van der Waals surface area contributed by atoms with Gasteiger partial charge in [-0.2, -0.15) is 0 Å². The van der Waals surface area contributed by atoms with Gasteiger partial charge in [0.1, 0.15) is 0 Å². The highest BCUT2D eigenvalue weighted by atomic mass is 16.5. The van der Waals surface area contributed by atoms with Crippen LogP contribution in [-0.4, -0.2) is 39.9 Å². The predicted octanol–water partition coefficient (Wildman–Crippen LogP) is 1.25. The van der Waals surface area contributed by atoms with E-state index in [2.05, 4.69) is 24.5 Å². The van der Waals surface area contributed by atoms with Crippen LogP contribution in [0.2, 0.25) is 0 Å². The summed E-state index contributed by atoms with van der Waals surface area (Å²) in [6, 6.07) is 0. The minimum absolute atomic E-state index is 0.355. The molecular weight excluding hydrogens is 188 g/mol. The summed E-state index contributed by atoms with van der Waals surface area (Å²) < 4.78 is 5.11. The molecule has 0 bridgehead atoms. The van der Waals surface area contributed by atoms with Crippen molar-refractivity contribution in [1.29, 1.82) is 0 Å². The van der Waals surface area contributed by atoms with Gasteiger partial charge in [0.05, 0.1) is 0 Å². The maximum absolute atomic E-state index is 5.11. The topological polar surface area (TPSA) is 33.3 Å². The van der Waals surface area contributed by atoms with Crippen molar-refractivity contribution in [2.24, 2.45) is 11.3 Å². The lowest BCUT2D eigenvalue weighted by molar-refractivity contribution is 0.150. The first-order chi connectivity index (χ1) is 7.14. The van der Waals surface area contributed by atoms with Crippen molar-refractivity contribution in [2.75, 3.05) is 39.9 Å². The number of ether oxygens (including phenoxy) is 1. The van der Waals surface area contributed by atoms with Gasteiger partial charge in [-0.05, 0) is 43.8 Å². The summed E-state index contributed by atoms with van der Waals surface area (Å²) in [7, 11) is 1.77. The SMILES string of the molecule is COCCC(C)(C)CNCCC1CNC1. The zero-order chi connectivity index (χ0) is 11.1. The van der Waals surface area contributed by atoms with Gasteiger partial charge in [-0.25, -0.2) is 0 Å². The molecule has 0 amide bonds. The summed E-state index contributed by atoms with van der Waals surface area (Å²) in [4.78, 5) is 0. The lowest BCUT2D eigenvalue weighted by atomic mass is 9.89. The average Bonchev–Trinajstić information content (AvgIpc) is 2.11. The maximum Gasteiger partial charge on any atom is 0.0467 e. The fourth-order valence-electron chi connectivity index (χ4n) is 1.75.